The van der Waals surface area contributed by atoms with E-state index in [1.54, 1.807) is 0 Å². The Morgan fingerprint density at radius 3 is 2.24 bits per heavy atom. The third kappa shape index (κ3) is 2.01. The molecule has 0 fully saturated rings. The number of fused-ring (bicyclic) bond motifs is 4. The molecule has 0 saturated carbocycles. The van der Waals surface area contributed by atoms with Crippen molar-refractivity contribution in [3.05, 3.63) is 107 Å². The lowest BCUT2D eigenvalue weighted by Gasteiger charge is -2.28. The Labute approximate surface area is 152 Å². The van der Waals surface area contributed by atoms with Crippen molar-refractivity contribution < 1.29 is 0 Å². The van der Waals surface area contributed by atoms with Gasteiger partial charge in [-0.25, -0.2) is 0 Å². The minimum absolute atomic E-state index is 0.194. The molecule has 0 amide bonds. The zero-order valence-electron chi connectivity index (χ0n) is 14.0. The highest BCUT2D eigenvalue weighted by Crippen LogP contribution is 2.53. The van der Waals surface area contributed by atoms with Crippen LogP contribution in [0.4, 0.5) is 0 Å². The van der Waals surface area contributed by atoms with Crippen LogP contribution >= 0.6 is 11.6 Å². The molecule has 0 aromatic heterocycles. The van der Waals surface area contributed by atoms with Crippen LogP contribution in [0.2, 0.25) is 5.02 Å². The Hall–Kier alpha value is -2.57. The average Bonchev–Trinajstić information content (AvgIpc) is 2.91. The lowest BCUT2D eigenvalue weighted by Crippen LogP contribution is -2.22. The summed E-state index contributed by atoms with van der Waals surface area (Å²) in [7, 11) is 0. The minimum atomic E-state index is -0.194. The van der Waals surface area contributed by atoms with Gasteiger partial charge in [-0.15, -0.1) is 0 Å². The van der Waals surface area contributed by atoms with E-state index in [0.717, 1.165) is 5.02 Å². The lowest BCUT2D eigenvalue weighted by atomic mass is 9.74. The number of benzene rings is 4. The van der Waals surface area contributed by atoms with E-state index >= 15 is 0 Å². The molecule has 5 rings (SSSR count). The summed E-state index contributed by atoms with van der Waals surface area (Å²) in [6, 6.07) is 30.3. The fourth-order valence-electron chi connectivity index (χ4n) is 4.28. The molecular weight excluding hydrogens is 324 g/mol. The Morgan fingerprint density at radius 1 is 0.640 bits per heavy atom. The normalized spacial score (nSPS) is 18.2. The first-order valence-electron chi connectivity index (χ1n) is 8.57. The van der Waals surface area contributed by atoms with E-state index in [4.69, 9.17) is 11.6 Å². The zero-order valence-corrected chi connectivity index (χ0v) is 14.7. The Bertz CT molecular complexity index is 1130. The van der Waals surface area contributed by atoms with Gasteiger partial charge in [-0.1, -0.05) is 78.3 Å². The van der Waals surface area contributed by atoms with Crippen molar-refractivity contribution in [2.24, 2.45) is 0 Å². The minimum Gasteiger partial charge on any atom is -0.0843 e. The Balaban J connectivity index is 1.85. The predicted octanol–water partition coefficient (Wildman–Crippen LogP) is 6.83. The summed E-state index contributed by atoms with van der Waals surface area (Å²) in [4.78, 5) is 0. The first-order chi connectivity index (χ1) is 12.2. The maximum Gasteiger partial charge on any atom is 0.0436 e. The largest absolute Gasteiger partial charge is 0.0843 e. The van der Waals surface area contributed by atoms with Gasteiger partial charge in [0.2, 0.25) is 0 Å². The SMILES string of the molecule is CC1(c2ccc3ccccc3c2)c2ccccc2-c2ccc(Cl)cc21. The van der Waals surface area contributed by atoms with E-state index in [9.17, 15) is 0 Å². The quantitative estimate of drug-likeness (QED) is 0.356. The Kier molecular flexibility index (Phi) is 3.07. The third-order valence-electron chi connectivity index (χ3n) is 5.60. The van der Waals surface area contributed by atoms with Gasteiger partial charge in [0.15, 0.2) is 0 Å². The maximum atomic E-state index is 6.38. The van der Waals surface area contributed by atoms with E-state index in [0.29, 0.717) is 0 Å². The van der Waals surface area contributed by atoms with Crippen LogP contribution in [0.1, 0.15) is 23.6 Å². The second-order valence-electron chi connectivity index (χ2n) is 6.92. The molecule has 0 saturated heterocycles. The summed E-state index contributed by atoms with van der Waals surface area (Å²) in [5.41, 5.74) is 6.35. The predicted molar refractivity (Wildman–Crippen MR) is 106 cm³/mol. The lowest BCUT2D eigenvalue weighted by molar-refractivity contribution is 0.715. The summed E-state index contributed by atoms with van der Waals surface area (Å²) >= 11 is 6.38. The van der Waals surface area contributed by atoms with Crippen LogP contribution in [0.5, 0.6) is 0 Å². The zero-order chi connectivity index (χ0) is 17.0. The smallest absolute Gasteiger partial charge is 0.0436 e. The van der Waals surface area contributed by atoms with E-state index in [2.05, 4.69) is 85.8 Å². The molecule has 1 heteroatoms. The van der Waals surface area contributed by atoms with Crippen molar-refractivity contribution in [3.8, 4) is 11.1 Å². The highest BCUT2D eigenvalue weighted by molar-refractivity contribution is 6.30. The first-order valence-corrected chi connectivity index (χ1v) is 8.95. The molecule has 0 radical (unpaired) electrons. The van der Waals surface area contributed by atoms with Gasteiger partial charge < -0.3 is 0 Å². The van der Waals surface area contributed by atoms with Crippen molar-refractivity contribution in [1.29, 1.82) is 0 Å². The molecule has 4 aromatic carbocycles. The van der Waals surface area contributed by atoms with Crippen LogP contribution in [0.15, 0.2) is 84.9 Å². The second-order valence-corrected chi connectivity index (χ2v) is 7.36. The molecule has 0 heterocycles. The Morgan fingerprint density at radius 2 is 1.36 bits per heavy atom. The van der Waals surface area contributed by atoms with Crippen molar-refractivity contribution in [1.82, 2.24) is 0 Å². The summed E-state index contributed by atoms with van der Waals surface area (Å²) in [5.74, 6) is 0. The number of hydrogen-bond donors (Lipinski definition) is 0. The summed E-state index contributed by atoms with van der Waals surface area (Å²) < 4.78 is 0. The molecular formula is C24H17Cl. The van der Waals surface area contributed by atoms with Crippen LogP contribution in [0, 0.1) is 0 Å². The molecule has 0 bridgehead atoms. The van der Waals surface area contributed by atoms with Gasteiger partial charge in [-0.2, -0.15) is 0 Å². The topological polar surface area (TPSA) is 0 Å². The molecule has 0 spiro atoms. The molecule has 0 nitrogen and oxygen atoms in total. The molecule has 4 aromatic rings. The van der Waals surface area contributed by atoms with E-state index in [1.807, 2.05) is 6.07 Å². The molecule has 0 N–H and O–H groups in total. The van der Waals surface area contributed by atoms with Crippen LogP contribution in [-0.4, -0.2) is 0 Å². The van der Waals surface area contributed by atoms with Gasteiger partial charge in [0.05, 0.1) is 0 Å². The number of hydrogen-bond acceptors (Lipinski definition) is 0. The highest BCUT2D eigenvalue weighted by atomic mass is 35.5. The average molecular weight is 341 g/mol. The van der Waals surface area contributed by atoms with Crippen molar-refractivity contribution in [3.63, 3.8) is 0 Å². The highest BCUT2D eigenvalue weighted by Gasteiger charge is 2.40. The fraction of sp³-hybridized carbons (Fsp3) is 0.0833. The van der Waals surface area contributed by atoms with E-state index in [1.165, 1.54) is 38.6 Å². The molecule has 1 unspecified atom stereocenters. The second kappa shape index (κ2) is 5.21. The maximum absolute atomic E-state index is 6.38. The van der Waals surface area contributed by atoms with Gasteiger partial charge in [-0.3, -0.25) is 0 Å². The first kappa shape index (κ1) is 14.7. The third-order valence-corrected chi connectivity index (χ3v) is 5.84. The fourth-order valence-corrected chi connectivity index (χ4v) is 4.45. The van der Waals surface area contributed by atoms with Crippen molar-refractivity contribution >= 4 is 22.4 Å². The van der Waals surface area contributed by atoms with Crippen LogP contribution in [0.3, 0.4) is 0 Å². The van der Waals surface area contributed by atoms with Gasteiger partial charge in [0.25, 0.3) is 0 Å². The van der Waals surface area contributed by atoms with Crippen LogP contribution in [0.25, 0.3) is 21.9 Å². The molecule has 1 atom stereocenters. The number of halogens is 1. The molecule has 25 heavy (non-hydrogen) atoms. The molecule has 120 valence electrons. The monoisotopic (exact) mass is 340 g/mol. The summed E-state index contributed by atoms with van der Waals surface area (Å²) in [5, 5.41) is 3.33. The summed E-state index contributed by atoms with van der Waals surface area (Å²) in [6.45, 7) is 2.32. The molecule has 1 aliphatic rings. The number of rotatable bonds is 1. The van der Waals surface area contributed by atoms with Gasteiger partial charge >= 0.3 is 0 Å². The van der Waals surface area contributed by atoms with Crippen LogP contribution in [-0.2, 0) is 5.41 Å². The van der Waals surface area contributed by atoms with Crippen molar-refractivity contribution in [2.75, 3.05) is 0 Å². The van der Waals surface area contributed by atoms with Gasteiger partial charge in [-0.05, 0) is 63.7 Å². The van der Waals surface area contributed by atoms with Gasteiger partial charge in [0.1, 0.15) is 0 Å². The molecule has 0 aliphatic heterocycles. The standard InChI is InChI=1S/C24H17Cl/c1-24(18-11-10-16-6-2-3-7-17(16)14-18)22-9-5-4-8-20(22)21-13-12-19(25)15-23(21)24/h2-15H,1H3. The van der Waals surface area contributed by atoms with Gasteiger partial charge in [0, 0.05) is 10.4 Å². The van der Waals surface area contributed by atoms with Crippen molar-refractivity contribution in [2.45, 2.75) is 12.3 Å². The summed E-state index contributed by atoms with van der Waals surface area (Å²) in [6.07, 6.45) is 0. The van der Waals surface area contributed by atoms with Crippen LogP contribution < -0.4 is 0 Å². The van der Waals surface area contributed by atoms with E-state index in [-0.39, 0.29) is 5.41 Å². The molecule has 1 aliphatic carbocycles. The van der Waals surface area contributed by atoms with E-state index < -0.39 is 0 Å².